The van der Waals surface area contributed by atoms with E-state index in [-0.39, 0.29) is 6.04 Å². The SMILES string of the molecule is Cc1ccc(N2C(=O)C(=O)N(C3CC3)C2=O)cc1Cl. The van der Waals surface area contributed by atoms with Gasteiger partial charge in [0.25, 0.3) is 0 Å². The molecule has 0 unspecified atom stereocenters. The van der Waals surface area contributed by atoms with Crippen molar-refractivity contribution in [3.8, 4) is 0 Å². The minimum Gasteiger partial charge on any atom is -0.263 e. The molecule has 5 nitrogen and oxygen atoms in total. The Morgan fingerprint density at radius 1 is 1.16 bits per heavy atom. The lowest BCUT2D eigenvalue weighted by atomic mass is 10.2. The van der Waals surface area contributed by atoms with Gasteiger partial charge in [0.05, 0.1) is 5.69 Å². The van der Waals surface area contributed by atoms with Gasteiger partial charge in [-0.25, -0.2) is 9.69 Å². The molecule has 1 saturated carbocycles. The van der Waals surface area contributed by atoms with Crippen LogP contribution in [0.5, 0.6) is 0 Å². The van der Waals surface area contributed by atoms with Gasteiger partial charge in [0.2, 0.25) is 0 Å². The predicted octanol–water partition coefficient (Wildman–Crippen LogP) is 2.11. The van der Waals surface area contributed by atoms with Gasteiger partial charge in [0.15, 0.2) is 0 Å². The number of amides is 4. The average Bonchev–Trinajstić information content (AvgIpc) is 3.15. The maximum absolute atomic E-state index is 12.2. The molecular formula is C13H11ClN2O3. The van der Waals surface area contributed by atoms with E-state index in [1.54, 1.807) is 12.1 Å². The minimum atomic E-state index is -0.809. The standard InChI is InChI=1S/C13H11ClN2O3/c1-7-2-3-9(6-10(7)14)16-12(18)11(17)15(13(16)19)8-4-5-8/h2-3,6,8H,4-5H2,1H3. The summed E-state index contributed by atoms with van der Waals surface area (Å²) in [6, 6.07) is 4.16. The van der Waals surface area contributed by atoms with Gasteiger partial charge in [-0.3, -0.25) is 14.5 Å². The van der Waals surface area contributed by atoms with E-state index >= 15 is 0 Å². The molecular weight excluding hydrogens is 268 g/mol. The van der Waals surface area contributed by atoms with Crippen molar-refractivity contribution < 1.29 is 14.4 Å². The third kappa shape index (κ3) is 1.81. The van der Waals surface area contributed by atoms with Gasteiger partial charge in [-0.1, -0.05) is 17.7 Å². The van der Waals surface area contributed by atoms with Crippen molar-refractivity contribution in [3.63, 3.8) is 0 Å². The fraction of sp³-hybridized carbons (Fsp3) is 0.308. The van der Waals surface area contributed by atoms with Crippen molar-refractivity contribution in [3.05, 3.63) is 28.8 Å². The lowest BCUT2D eigenvalue weighted by Gasteiger charge is -2.15. The summed E-state index contributed by atoms with van der Waals surface area (Å²) in [5.74, 6) is -1.55. The highest BCUT2D eigenvalue weighted by atomic mass is 35.5. The molecule has 1 aliphatic carbocycles. The van der Waals surface area contributed by atoms with E-state index in [9.17, 15) is 14.4 Å². The number of aryl methyl sites for hydroxylation is 1. The molecule has 0 spiro atoms. The number of rotatable bonds is 2. The Bertz CT molecular complexity index is 610. The zero-order valence-corrected chi connectivity index (χ0v) is 11.0. The summed E-state index contributed by atoms with van der Waals surface area (Å²) in [5, 5.41) is 0.454. The molecule has 1 saturated heterocycles. The third-order valence-corrected chi connectivity index (χ3v) is 3.74. The Morgan fingerprint density at radius 3 is 2.42 bits per heavy atom. The largest absolute Gasteiger partial charge is 0.339 e. The first-order valence-corrected chi connectivity index (χ1v) is 6.36. The number of carbonyl (C=O) groups excluding carboxylic acids is 3. The Hall–Kier alpha value is -1.88. The maximum atomic E-state index is 12.2. The van der Waals surface area contributed by atoms with Crippen LogP contribution in [-0.4, -0.2) is 28.8 Å². The first-order chi connectivity index (χ1) is 9.00. The molecule has 19 heavy (non-hydrogen) atoms. The summed E-state index contributed by atoms with van der Waals surface area (Å²) < 4.78 is 0. The maximum Gasteiger partial charge on any atom is 0.339 e. The molecule has 0 bridgehead atoms. The van der Waals surface area contributed by atoms with Crippen LogP contribution in [-0.2, 0) is 9.59 Å². The van der Waals surface area contributed by atoms with Crippen LogP contribution in [0.1, 0.15) is 18.4 Å². The number of hydrogen-bond donors (Lipinski definition) is 0. The molecule has 4 amide bonds. The third-order valence-electron chi connectivity index (χ3n) is 3.33. The van der Waals surface area contributed by atoms with E-state index in [2.05, 4.69) is 0 Å². The number of imide groups is 2. The van der Waals surface area contributed by atoms with Crippen LogP contribution in [0.3, 0.4) is 0 Å². The summed E-state index contributed by atoms with van der Waals surface area (Å²) in [4.78, 5) is 37.9. The molecule has 2 fully saturated rings. The van der Waals surface area contributed by atoms with E-state index in [0.717, 1.165) is 28.2 Å². The predicted molar refractivity (Wildman–Crippen MR) is 68.9 cm³/mol. The van der Waals surface area contributed by atoms with Gasteiger partial charge < -0.3 is 0 Å². The number of nitrogens with zero attached hydrogens (tertiary/aromatic N) is 2. The average molecular weight is 279 g/mol. The van der Waals surface area contributed by atoms with Gasteiger partial charge in [-0.15, -0.1) is 0 Å². The number of urea groups is 1. The van der Waals surface area contributed by atoms with Crippen molar-refractivity contribution in [2.75, 3.05) is 4.90 Å². The zero-order chi connectivity index (χ0) is 13.7. The molecule has 0 atom stereocenters. The van der Waals surface area contributed by atoms with E-state index in [0.29, 0.717) is 10.7 Å². The number of carbonyl (C=O) groups is 3. The number of benzene rings is 1. The fourth-order valence-corrected chi connectivity index (χ4v) is 2.26. The Kier molecular flexibility index (Phi) is 2.60. The highest BCUT2D eigenvalue weighted by Crippen LogP contribution is 2.34. The van der Waals surface area contributed by atoms with E-state index < -0.39 is 17.8 Å². The second kappa shape index (κ2) is 4.06. The van der Waals surface area contributed by atoms with Crippen LogP contribution in [0.15, 0.2) is 18.2 Å². The molecule has 3 rings (SSSR count). The smallest absolute Gasteiger partial charge is 0.263 e. The molecule has 1 aliphatic heterocycles. The Balaban J connectivity index is 2.00. The van der Waals surface area contributed by atoms with Gasteiger partial charge in [-0.2, -0.15) is 0 Å². The highest BCUT2D eigenvalue weighted by Gasteiger charge is 2.51. The second-order valence-electron chi connectivity index (χ2n) is 4.76. The van der Waals surface area contributed by atoms with Crippen LogP contribution in [0.25, 0.3) is 0 Å². The van der Waals surface area contributed by atoms with Crippen LogP contribution in [0.4, 0.5) is 10.5 Å². The fourth-order valence-electron chi connectivity index (χ4n) is 2.08. The number of halogens is 1. The quantitative estimate of drug-likeness (QED) is 0.615. The second-order valence-corrected chi connectivity index (χ2v) is 5.17. The lowest BCUT2D eigenvalue weighted by molar-refractivity contribution is -0.139. The molecule has 1 aromatic carbocycles. The highest BCUT2D eigenvalue weighted by molar-refractivity contribution is 6.53. The molecule has 0 radical (unpaired) electrons. The van der Waals surface area contributed by atoms with Gasteiger partial charge in [-0.05, 0) is 37.5 Å². The summed E-state index contributed by atoms with van der Waals surface area (Å²) in [7, 11) is 0. The molecule has 6 heteroatoms. The number of hydrogen-bond acceptors (Lipinski definition) is 3. The normalized spacial score (nSPS) is 19.6. The Morgan fingerprint density at radius 2 is 1.84 bits per heavy atom. The summed E-state index contributed by atoms with van der Waals surface area (Å²) in [6.45, 7) is 1.82. The number of anilines is 1. The minimum absolute atomic E-state index is 0.116. The van der Waals surface area contributed by atoms with Crippen LogP contribution < -0.4 is 4.90 Å². The summed E-state index contributed by atoms with van der Waals surface area (Å²) in [6.07, 6.45) is 1.54. The molecule has 98 valence electrons. The van der Waals surface area contributed by atoms with E-state index in [4.69, 9.17) is 11.6 Å². The van der Waals surface area contributed by atoms with Crippen LogP contribution in [0, 0.1) is 6.92 Å². The molecule has 0 N–H and O–H groups in total. The summed E-state index contributed by atoms with van der Waals surface area (Å²) >= 11 is 5.99. The van der Waals surface area contributed by atoms with Crippen LogP contribution in [0.2, 0.25) is 5.02 Å². The molecule has 2 aliphatic rings. The first kappa shape index (κ1) is 12.2. The van der Waals surface area contributed by atoms with Crippen molar-refractivity contribution >= 4 is 35.1 Å². The lowest BCUT2D eigenvalue weighted by Crippen LogP contribution is -2.34. The molecule has 0 aromatic heterocycles. The first-order valence-electron chi connectivity index (χ1n) is 5.98. The molecule has 1 heterocycles. The van der Waals surface area contributed by atoms with E-state index in [1.807, 2.05) is 6.92 Å². The topological polar surface area (TPSA) is 57.7 Å². The van der Waals surface area contributed by atoms with Crippen molar-refractivity contribution in [2.24, 2.45) is 0 Å². The van der Waals surface area contributed by atoms with Gasteiger partial charge >= 0.3 is 17.8 Å². The molecule has 1 aromatic rings. The summed E-state index contributed by atoms with van der Waals surface area (Å²) in [5.41, 5.74) is 1.18. The van der Waals surface area contributed by atoms with Crippen molar-refractivity contribution in [2.45, 2.75) is 25.8 Å². The van der Waals surface area contributed by atoms with Crippen molar-refractivity contribution in [1.29, 1.82) is 0 Å². The zero-order valence-electron chi connectivity index (χ0n) is 10.2. The Labute approximate surface area is 114 Å². The van der Waals surface area contributed by atoms with E-state index in [1.165, 1.54) is 6.07 Å². The van der Waals surface area contributed by atoms with Gasteiger partial charge in [0, 0.05) is 11.1 Å². The van der Waals surface area contributed by atoms with Gasteiger partial charge in [0.1, 0.15) is 0 Å². The monoisotopic (exact) mass is 278 g/mol. The van der Waals surface area contributed by atoms with Crippen molar-refractivity contribution in [1.82, 2.24) is 4.90 Å². The van der Waals surface area contributed by atoms with Crippen LogP contribution >= 0.6 is 11.6 Å².